The number of nitrogens with zero attached hydrogens (tertiary/aromatic N) is 1. The van der Waals surface area contributed by atoms with Crippen LogP contribution in [-0.2, 0) is 11.4 Å². The van der Waals surface area contributed by atoms with Crippen LogP contribution in [-0.4, -0.2) is 34.0 Å². The molecule has 5 heteroatoms. The van der Waals surface area contributed by atoms with Crippen molar-refractivity contribution in [3.05, 3.63) is 28.7 Å². The summed E-state index contributed by atoms with van der Waals surface area (Å²) < 4.78 is 15.8. The summed E-state index contributed by atoms with van der Waals surface area (Å²) in [5, 5.41) is 3.41. The van der Waals surface area contributed by atoms with E-state index in [-0.39, 0.29) is 0 Å². The number of hydrogen-bond acceptors (Lipinski definition) is 3. The Morgan fingerprint density at radius 2 is 1.88 bits per heavy atom. The van der Waals surface area contributed by atoms with Crippen LogP contribution in [0.4, 0.5) is 0 Å². The second-order valence-electron chi connectivity index (χ2n) is 4.58. The number of benzene rings is 1. The molecule has 92 valence electrons. The summed E-state index contributed by atoms with van der Waals surface area (Å²) >= 11 is 2.46. The smallest absolute Gasteiger partial charge is 0.188 e. The van der Waals surface area contributed by atoms with E-state index in [1.165, 1.54) is 0 Å². The highest BCUT2D eigenvalue weighted by Gasteiger charge is 2.45. The Balaban J connectivity index is 1.87. The molecule has 3 atom stereocenters. The van der Waals surface area contributed by atoms with Gasteiger partial charge in [0.15, 0.2) is 4.90 Å². The standard InChI is InChI=1S/C12H15BrN2OS/c13-11-3-1-2-4-12(11)17(16)15-9-5-6-10(15)8-14-7-9/h1-4,9-10,14H,5-8H2. The van der Waals surface area contributed by atoms with Crippen LogP contribution in [0.25, 0.3) is 0 Å². The van der Waals surface area contributed by atoms with Crippen molar-refractivity contribution in [3.63, 3.8) is 0 Å². The third-order valence-corrected chi connectivity index (χ3v) is 6.19. The van der Waals surface area contributed by atoms with Crippen LogP contribution in [0.15, 0.2) is 33.6 Å². The molecule has 2 saturated heterocycles. The van der Waals surface area contributed by atoms with E-state index < -0.39 is 11.4 Å². The summed E-state index contributed by atoms with van der Waals surface area (Å²) in [5.41, 5.74) is 0. The average Bonchev–Trinajstić information content (AvgIpc) is 2.59. The van der Waals surface area contributed by atoms with Crippen LogP contribution < -0.4 is 5.32 Å². The van der Waals surface area contributed by atoms with Gasteiger partial charge in [0.05, 0.1) is 27.9 Å². The summed E-state index contributed by atoms with van der Waals surface area (Å²) in [4.78, 5) is 0.895. The number of halogens is 1. The minimum Gasteiger partial charge on any atom is -0.593 e. The molecule has 1 N–H and O–H groups in total. The molecule has 0 saturated carbocycles. The van der Waals surface area contributed by atoms with E-state index in [4.69, 9.17) is 0 Å². The van der Waals surface area contributed by atoms with Crippen molar-refractivity contribution in [1.82, 2.24) is 9.62 Å². The Hall–Kier alpha value is -0.0700. The third kappa shape index (κ3) is 2.15. The summed E-state index contributed by atoms with van der Waals surface area (Å²) in [6.07, 6.45) is 2.32. The zero-order valence-electron chi connectivity index (χ0n) is 9.43. The molecule has 0 amide bonds. The maximum absolute atomic E-state index is 12.7. The minimum atomic E-state index is -1.03. The van der Waals surface area contributed by atoms with Gasteiger partial charge in [-0.05, 0) is 40.9 Å². The fraction of sp³-hybridized carbons (Fsp3) is 0.500. The fourth-order valence-electron chi connectivity index (χ4n) is 2.71. The first kappa shape index (κ1) is 12.0. The van der Waals surface area contributed by atoms with Gasteiger partial charge in [0.1, 0.15) is 0 Å². The van der Waals surface area contributed by atoms with Gasteiger partial charge in [-0.1, -0.05) is 12.1 Å². The lowest BCUT2D eigenvalue weighted by molar-refractivity contribution is 0.263. The highest BCUT2D eigenvalue weighted by molar-refractivity contribution is 9.10. The molecule has 3 rings (SSSR count). The number of nitrogens with one attached hydrogen (secondary N) is 1. The van der Waals surface area contributed by atoms with E-state index >= 15 is 0 Å². The summed E-state index contributed by atoms with van der Waals surface area (Å²) in [7, 11) is 0. The molecule has 1 aromatic rings. The first-order valence-corrected chi connectivity index (χ1v) is 7.83. The van der Waals surface area contributed by atoms with Gasteiger partial charge in [0, 0.05) is 13.1 Å². The van der Waals surface area contributed by atoms with Gasteiger partial charge in [-0.3, -0.25) is 0 Å². The molecule has 3 nitrogen and oxygen atoms in total. The van der Waals surface area contributed by atoms with Crippen LogP contribution in [0, 0.1) is 0 Å². The largest absolute Gasteiger partial charge is 0.593 e. The molecular weight excluding hydrogens is 300 g/mol. The minimum absolute atomic E-state index is 0.432. The predicted octanol–water partition coefficient (Wildman–Crippen LogP) is 1.91. The van der Waals surface area contributed by atoms with Crippen molar-refractivity contribution in [2.24, 2.45) is 0 Å². The highest BCUT2D eigenvalue weighted by Crippen LogP contribution is 2.34. The molecule has 17 heavy (non-hydrogen) atoms. The highest BCUT2D eigenvalue weighted by atomic mass is 79.9. The lowest BCUT2D eigenvalue weighted by atomic mass is 10.2. The monoisotopic (exact) mass is 314 g/mol. The van der Waals surface area contributed by atoms with Gasteiger partial charge in [-0.25, -0.2) is 0 Å². The molecule has 2 heterocycles. The molecule has 1 aromatic carbocycles. The van der Waals surface area contributed by atoms with Crippen LogP contribution in [0.1, 0.15) is 12.8 Å². The number of rotatable bonds is 2. The van der Waals surface area contributed by atoms with Crippen LogP contribution in [0.2, 0.25) is 0 Å². The molecule has 0 aliphatic carbocycles. The zero-order chi connectivity index (χ0) is 11.8. The first-order valence-electron chi connectivity index (χ1n) is 5.93. The SMILES string of the molecule is [O-][S+](c1ccccc1Br)N1C2CCC1CNC2. The first-order chi connectivity index (χ1) is 8.27. The quantitative estimate of drug-likeness (QED) is 0.847. The third-order valence-electron chi connectivity index (χ3n) is 3.53. The molecule has 0 radical (unpaired) electrons. The summed E-state index contributed by atoms with van der Waals surface area (Å²) in [6.45, 7) is 1.93. The normalized spacial score (nSPS) is 30.5. The topological polar surface area (TPSA) is 38.3 Å². The van der Waals surface area contributed by atoms with Crippen LogP contribution in [0.5, 0.6) is 0 Å². The Kier molecular flexibility index (Phi) is 3.45. The zero-order valence-corrected chi connectivity index (χ0v) is 11.8. The number of hydrogen-bond donors (Lipinski definition) is 1. The Morgan fingerprint density at radius 1 is 1.24 bits per heavy atom. The fourth-order valence-corrected chi connectivity index (χ4v) is 4.97. The second kappa shape index (κ2) is 4.90. The molecule has 3 unspecified atom stereocenters. The maximum Gasteiger partial charge on any atom is 0.188 e. The van der Waals surface area contributed by atoms with Gasteiger partial charge in [0.2, 0.25) is 0 Å². The van der Waals surface area contributed by atoms with Crippen molar-refractivity contribution in [1.29, 1.82) is 0 Å². The van der Waals surface area contributed by atoms with Crippen molar-refractivity contribution >= 4 is 27.3 Å². The molecule has 2 bridgehead atoms. The molecular formula is C12H15BrN2OS. The molecule has 2 aliphatic rings. The summed E-state index contributed by atoms with van der Waals surface area (Å²) in [5.74, 6) is 0. The van der Waals surface area contributed by atoms with Crippen LogP contribution in [0.3, 0.4) is 0 Å². The van der Waals surface area contributed by atoms with E-state index in [9.17, 15) is 4.55 Å². The van der Waals surface area contributed by atoms with Gasteiger partial charge in [-0.2, -0.15) is 0 Å². The average molecular weight is 315 g/mol. The Bertz CT molecular complexity index is 401. The molecule has 2 aliphatic heterocycles. The predicted molar refractivity (Wildman–Crippen MR) is 72.1 cm³/mol. The van der Waals surface area contributed by atoms with Crippen molar-refractivity contribution in [3.8, 4) is 0 Å². The van der Waals surface area contributed by atoms with Crippen molar-refractivity contribution in [2.75, 3.05) is 13.1 Å². The molecule has 0 aromatic heterocycles. The lowest BCUT2D eigenvalue weighted by Gasteiger charge is -2.34. The lowest BCUT2D eigenvalue weighted by Crippen LogP contribution is -2.54. The summed E-state index contributed by atoms with van der Waals surface area (Å²) in [6, 6.07) is 8.67. The van der Waals surface area contributed by atoms with Gasteiger partial charge in [-0.15, -0.1) is 4.31 Å². The Morgan fingerprint density at radius 3 is 2.53 bits per heavy atom. The number of piperazine rings is 1. The maximum atomic E-state index is 12.7. The van der Waals surface area contributed by atoms with E-state index in [1.807, 2.05) is 24.3 Å². The van der Waals surface area contributed by atoms with E-state index in [0.29, 0.717) is 12.1 Å². The van der Waals surface area contributed by atoms with E-state index in [2.05, 4.69) is 25.6 Å². The van der Waals surface area contributed by atoms with Gasteiger partial charge in [0.25, 0.3) is 0 Å². The second-order valence-corrected chi connectivity index (χ2v) is 6.80. The molecule has 0 spiro atoms. The van der Waals surface area contributed by atoms with Gasteiger partial charge >= 0.3 is 0 Å². The van der Waals surface area contributed by atoms with E-state index in [0.717, 1.165) is 35.3 Å². The van der Waals surface area contributed by atoms with Crippen molar-refractivity contribution in [2.45, 2.75) is 29.8 Å². The van der Waals surface area contributed by atoms with E-state index in [1.54, 1.807) is 0 Å². The molecule has 2 fully saturated rings. The van der Waals surface area contributed by atoms with Crippen molar-refractivity contribution < 1.29 is 4.55 Å². The van der Waals surface area contributed by atoms with Gasteiger partial charge < -0.3 is 9.87 Å². The number of fused-ring (bicyclic) bond motifs is 2. The Labute approximate surface area is 113 Å². The van der Waals surface area contributed by atoms with Crippen LogP contribution >= 0.6 is 15.9 Å².